The van der Waals surface area contributed by atoms with Crippen molar-refractivity contribution in [1.29, 1.82) is 0 Å². The number of aromatic nitrogens is 1. The minimum atomic E-state index is -0.663. The Morgan fingerprint density at radius 2 is 2.03 bits per heavy atom. The van der Waals surface area contributed by atoms with Gasteiger partial charge in [-0.15, -0.1) is 0 Å². The van der Waals surface area contributed by atoms with Gasteiger partial charge in [0, 0.05) is 31.4 Å². The quantitative estimate of drug-likeness (QED) is 0.401. The highest BCUT2D eigenvalue weighted by Crippen LogP contribution is 2.22. The molecule has 2 aromatic carbocycles. The molecule has 0 bridgehead atoms. The molecule has 1 aromatic heterocycles. The van der Waals surface area contributed by atoms with Crippen molar-refractivity contribution >= 4 is 39.2 Å². The Kier molecular flexibility index (Phi) is 8.60. The van der Waals surface area contributed by atoms with Crippen LogP contribution in [0, 0.1) is 11.6 Å². The summed E-state index contributed by atoms with van der Waals surface area (Å²) in [7, 11) is 0. The van der Waals surface area contributed by atoms with Crippen molar-refractivity contribution in [3.63, 3.8) is 0 Å². The van der Waals surface area contributed by atoms with E-state index in [1.807, 2.05) is 25.1 Å². The lowest BCUT2D eigenvalue weighted by atomic mass is 10.2. The number of rotatable bonds is 10. The normalized spacial score (nSPS) is 12.0. The molecule has 0 aliphatic carbocycles. The van der Waals surface area contributed by atoms with Gasteiger partial charge in [0.25, 0.3) is 0 Å². The van der Waals surface area contributed by atoms with Gasteiger partial charge >= 0.3 is 0 Å². The van der Waals surface area contributed by atoms with E-state index in [-0.39, 0.29) is 11.4 Å². The molecular formula is C22H24F2N2O2S2. The second kappa shape index (κ2) is 11.4. The van der Waals surface area contributed by atoms with Crippen LogP contribution in [-0.4, -0.2) is 29.4 Å². The summed E-state index contributed by atoms with van der Waals surface area (Å²) in [4.78, 5) is 16.9. The zero-order valence-electron chi connectivity index (χ0n) is 16.8. The third-order valence-electron chi connectivity index (χ3n) is 4.37. The van der Waals surface area contributed by atoms with Gasteiger partial charge in [0.1, 0.15) is 5.82 Å². The molecule has 8 heteroatoms. The summed E-state index contributed by atoms with van der Waals surface area (Å²) in [5.41, 5.74) is 1.51. The van der Waals surface area contributed by atoms with Gasteiger partial charge in [-0.3, -0.25) is 4.79 Å². The lowest BCUT2D eigenvalue weighted by Gasteiger charge is -2.06. The second-order valence-electron chi connectivity index (χ2n) is 6.61. The fraction of sp³-hybridized carbons (Fsp3) is 0.364. The van der Waals surface area contributed by atoms with E-state index in [1.165, 1.54) is 11.6 Å². The smallest absolute Gasteiger partial charge is 0.248 e. The average Bonchev–Trinajstić information content (AvgIpc) is 3.05. The van der Waals surface area contributed by atoms with Crippen LogP contribution in [-0.2, 0) is 21.8 Å². The number of fused-ring (bicyclic) bond motifs is 1. The van der Waals surface area contributed by atoms with Gasteiger partial charge in [0.05, 0.1) is 16.8 Å². The number of nitrogens with zero attached hydrogens (tertiary/aromatic N) is 2. The van der Waals surface area contributed by atoms with E-state index in [0.717, 1.165) is 28.9 Å². The predicted molar refractivity (Wildman–Crippen MR) is 119 cm³/mol. The largest absolute Gasteiger partial charge is 0.380 e. The Labute approximate surface area is 182 Å². The molecule has 3 rings (SSSR count). The molecule has 1 heterocycles. The van der Waals surface area contributed by atoms with Gasteiger partial charge in [-0.2, -0.15) is 16.8 Å². The van der Waals surface area contributed by atoms with Gasteiger partial charge in [-0.25, -0.2) is 8.78 Å². The van der Waals surface area contributed by atoms with Crippen LogP contribution in [0.15, 0.2) is 47.5 Å². The topological polar surface area (TPSA) is 43.6 Å². The van der Waals surface area contributed by atoms with Crippen molar-refractivity contribution in [3.8, 4) is 0 Å². The zero-order chi connectivity index (χ0) is 21.3. The van der Waals surface area contributed by atoms with Crippen LogP contribution in [0.25, 0.3) is 10.2 Å². The summed E-state index contributed by atoms with van der Waals surface area (Å²) in [6, 6.07) is 12.3. The van der Waals surface area contributed by atoms with E-state index in [4.69, 9.17) is 4.74 Å². The van der Waals surface area contributed by atoms with Gasteiger partial charge in [-0.1, -0.05) is 41.7 Å². The minimum Gasteiger partial charge on any atom is -0.380 e. The van der Waals surface area contributed by atoms with Crippen molar-refractivity contribution in [2.75, 3.05) is 19.0 Å². The fourth-order valence-corrected chi connectivity index (χ4v) is 5.01. The summed E-state index contributed by atoms with van der Waals surface area (Å²) in [6.07, 6.45) is 1.03. The van der Waals surface area contributed by atoms with Gasteiger partial charge in [-0.05, 0) is 30.7 Å². The first-order valence-corrected chi connectivity index (χ1v) is 11.8. The molecule has 160 valence electrons. The van der Waals surface area contributed by atoms with E-state index >= 15 is 0 Å². The highest BCUT2D eigenvalue weighted by atomic mass is 32.2. The van der Waals surface area contributed by atoms with Crippen LogP contribution >= 0.6 is 23.1 Å². The Morgan fingerprint density at radius 3 is 2.80 bits per heavy atom. The molecule has 0 aliphatic heterocycles. The summed E-state index contributed by atoms with van der Waals surface area (Å²) in [6.45, 7) is 3.11. The number of carbonyl (C=O) groups is 1. The standard InChI is InChI=1S/C22H24F2N2O2S2/c1-2-28-11-10-26-21-18(24)13-17(23)14-19(21)30-22(26)25-20(27)9-6-12-29-15-16-7-4-3-5-8-16/h3-5,7-8,13-14H,2,6,9-12,15H2,1H3. The highest BCUT2D eigenvalue weighted by Gasteiger charge is 2.14. The van der Waals surface area contributed by atoms with E-state index in [9.17, 15) is 13.6 Å². The van der Waals surface area contributed by atoms with Crippen LogP contribution in [0.3, 0.4) is 0 Å². The summed E-state index contributed by atoms with van der Waals surface area (Å²) in [5.74, 6) is 0.195. The lowest BCUT2D eigenvalue weighted by Crippen LogP contribution is -2.20. The van der Waals surface area contributed by atoms with E-state index in [1.54, 1.807) is 16.3 Å². The molecule has 0 saturated heterocycles. The summed E-state index contributed by atoms with van der Waals surface area (Å²) >= 11 is 2.89. The van der Waals surface area contributed by atoms with Gasteiger partial charge in [0.2, 0.25) is 5.91 Å². The number of thioether (sulfide) groups is 1. The number of thiazole rings is 1. The molecular weight excluding hydrogens is 426 g/mol. The molecule has 0 radical (unpaired) electrons. The molecule has 1 amide bonds. The van der Waals surface area contributed by atoms with Crippen molar-refractivity contribution in [1.82, 2.24) is 4.57 Å². The molecule has 0 spiro atoms. The predicted octanol–water partition coefficient (Wildman–Crippen LogP) is 5.16. The Balaban J connectivity index is 1.66. The maximum Gasteiger partial charge on any atom is 0.248 e. The van der Waals surface area contributed by atoms with Crippen LogP contribution in [0.5, 0.6) is 0 Å². The fourth-order valence-electron chi connectivity index (χ4n) is 2.97. The summed E-state index contributed by atoms with van der Waals surface area (Å²) < 4.78 is 35.4. The second-order valence-corrected chi connectivity index (χ2v) is 8.73. The zero-order valence-corrected chi connectivity index (χ0v) is 18.4. The third-order valence-corrected chi connectivity index (χ3v) is 6.51. The average molecular weight is 451 g/mol. The van der Waals surface area contributed by atoms with Crippen molar-refractivity contribution in [2.45, 2.75) is 32.1 Å². The van der Waals surface area contributed by atoms with Gasteiger partial charge < -0.3 is 9.30 Å². The Bertz CT molecular complexity index is 1050. The molecule has 0 N–H and O–H groups in total. The number of ether oxygens (including phenoxy) is 1. The number of hydrogen-bond acceptors (Lipinski definition) is 4. The first-order valence-electron chi connectivity index (χ1n) is 9.84. The van der Waals surface area contributed by atoms with Crippen LogP contribution in [0.2, 0.25) is 0 Å². The van der Waals surface area contributed by atoms with E-state index in [0.29, 0.717) is 42.1 Å². The Hall–Kier alpha value is -2.03. The number of amides is 1. The van der Waals surface area contributed by atoms with Crippen molar-refractivity contribution in [3.05, 3.63) is 64.5 Å². The number of hydrogen-bond donors (Lipinski definition) is 0. The van der Waals surface area contributed by atoms with Crippen LogP contribution < -0.4 is 4.80 Å². The molecule has 0 atom stereocenters. The molecule has 4 nitrogen and oxygen atoms in total. The highest BCUT2D eigenvalue weighted by molar-refractivity contribution is 7.98. The minimum absolute atomic E-state index is 0.256. The molecule has 3 aromatic rings. The molecule has 30 heavy (non-hydrogen) atoms. The van der Waals surface area contributed by atoms with Crippen LogP contribution in [0.4, 0.5) is 8.78 Å². The molecule has 0 unspecified atom stereocenters. The number of carbonyl (C=O) groups excluding carboxylic acids is 1. The van der Waals surface area contributed by atoms with Crippen LogP contribution in [0.1, 0.15) is 25.3 Å². The first-order chi connectivity index (χ1) is 14.6. The van der Waals surface area contributed by atoms with Crippen molar-refractivity contribution in [2.24, 2.45) is 4.99 Å². The lowest BCUT2D eigenvalue weighted by molar-refractivity contribution is -0.118. The van der Waals surface area contributed by atoms with E-state index in [2.05, 4.69) is 17.1 Å². The number of halogens is 2. The van der Waals surface area contributed by atoms with Gasteiger partial charge in [0.15, 0.2) is 10.6 Å². The van der Waals surface area contributed by atoms with Crippen molar-refractivity contribution < 1.29 is 18.3 Å². The monoisotopic (exact) mass is 450 g/mol. The molecule has 0 saturated carbocycles. The maximum absolute atomic E-state index is 14.4. The third kappa shape index (κ3) is 6.23. The SMILES string of the molecule is CCOCCn1c(=NC(=O)CCCSCc2ccccc2)sc2cc(F)cc(F)c21. The van der Waals surface area contributed by atoms with E-state index < -0.39 is 11.6 Å². The molecule has 0 aliphatic rings. The number of benzene rings is 2. The first kappa shape index (κ1) is 22.7. The maximum atomic E-state index is 14.4. The summed E-state index contributed by atoms with van der Waals surface area (Å²) in [5, 5.41) is 0. The molecule has 0 fully saturated rings. The Morgan fingerprint density at radius 1 is 1.23 bits per heavy atom.